The number of likely N-dealkylation sites (tertiary alicyclic amines) is 1. The van der Waals surface area contributed by atoms with E-state index in [0.717, 1.165) is 19.1 Å². The Morgan fingerprint density at radius 1 is 1.45 bits per heavy atom. The predicted octanol–water partition coefficient (Wildman–Crippen LogP) is -0.592. The highest BCUT2D eigenvalue weighted by Gasteiger charge is 2.37. The van der Waals surface area contributed by atoms with E-state index in [4.69, 9.17) is 5.14 Å². The van der Waals surface area contributed by atoms with Gasteiger partial charge in [-0.2, -0.15) is 11.8 Å². The molecule has 5 heteroatoms. The van der Waals surface area contributed by atoms with Gasteiger partial charge in [-0.25, -0.2) is 4.21 Å². The van der Waals surface area contributed by atoms with Gasteiger partial charge in [-0.3, -0.25) is 10.0 Å². The van der Waals surface area contributed by atoms with E-state index in [1.165, 1.54) is 11.5 Å². The summed E-state index contributed by atoms with van der Waals surface area (Å²) in [4.78, 5) is 2.38. The van der Waals surface area contributed by atoms with Gasteiger partial charge < -0.3 is 0 Å². The molecular formula is C6H12N2OS2. The molecule has 2 rings (SSSR count). The smallest absolute Gasteiger partial charge is 0.0945 e. The molecule has 3 nitrogen and oxygen atoms in total. The van der Waals surface area contributed by atoms with Gasteiger partial charge >= 0.3 is 0 Å². The molecule has 0 spiro atoms. The first-order valence-electron chi connectivity index (χ1n) is 3.74. The highest BCUT2D eigenvalue weighted by Crippen LogP contribution is 2.27. The van der Waals surface area contributed by atoms with E-state index in [1.54, 1.807) is 0 Å². The topological polar surface area (TPSA) is 46.3 Å². The van der Waals surface area contributed by atoms with E-state index in [1.807, 2.05) is 11.8 Å². The molecule has 1 atom stereocenters. The van der Waals surface area contributed by atoms with Gasteiger partial charge in [0.05, 0.1) is 16.2 Å². The van der Waals surface area contributed by atoms with Gasteiger partial charge in [0.15, 0.2) is 0 Å². The van der Waals surface area contributed by atoms with Crippen molar-refractivity contribution in [3.63, 3.8) is 0 Å². The van der Waals surface area contributed by atoms with Crippen LogP contribution in [0.3, 0.4) is 0 Å². The maximum absolute atomic E-state index is 10.8. The van der Waals surface area contributed by atoms with Gasteiger partial charge in [-0.05, 0) is 0 Å². The SMILES string of the molecule is NS(=O)C1CN(C2CSC2)C1. The van der Waals surface area contributed by atoms with E-state index in [9.17, 15) is 4.21 Å². The first kappa shape index (κ1) is 8.04. The molecule has 0 aromatic rings. The molecule has 1 unspecified atom stereocenters. The van der Waals surface area contributed by atoms with Gasteiger partial charge in [-0.15, -0.1) is 0 Å². The molecule has 0 saturated carbocycles. The number of hydrogen-bond donors (Lipinski definition) is 1. The highest BCUT2D eigenvalue weighted by atomic mass is 32.2. The molecule has 0 radical (unpaired) electrons. The molecule has 11 heavy (non-hydrogen) atoms. The van der Waals surface area contributed by atoms with Crippen molar-refractivity contribution in [2.24, 2.45) is 5.14 Å². The van der Waals surface area contributed by atoms with E-state index < -0.39 is 11.0 Å². The summed E-state index contributed by atoms with van der Waals surface area (Å²) in [5.74, 6) is 2.51. The molecule has 2 saturated heterocycles. The summed E-state index contributed by atoms with van der Waals surface area (Å²) >= 11 is 1.98. The first-order chi connectivity index (χ1) is 5.27. The number of hydrogen-bond acceptors (Lipinski definition) is 3. The lowest BCUT2D eigenvalue weighted by Crippen LogP contribution is -2.61. The molecule has 0 aliphatic carbocycles. The van der Waals surface area contributed by atoms with Crippen molar-refractivity contribution < 1.29 is 4.21 Å². The fraction of sp³-hybridized carbons (Fsp3) is 1.00. The van der Waals surface area contributed by atoms with Gasteiger partial charge in [0, 0.05) is 30.6 Å². The third-order valence-corrected chi connectivity index (χ3v) is 4.54. The van der Waals surface area contributed by atoms with Crippen molar-refractivity contribution in [1.82, 2.24) is 4.90 Å². The Hall–Kier alpha value is 0.420. The minimum atomic E-state index is -1.09. The van der Waals surface area contributed by atoms with Crippen molar-refractivity contribution in [3.8, 4) is 0 Å². The summed E-state index contributed by atoms with van der Waals surface area (Å²) in [6.07, 6.45) is 0. The zero-order valence-corrected chi connectivity index (χ0v) is 7.87. The van der Waals surface area contributed by atoms with Crippen molar-refractivity contribution in [3.05, 3.63) is 0 Å². The molecule has 64 valence electrons. The van der Waals surface area contributed by atoms with Gasteiger partial charge in [-0.1, -0.05) is 0 Å². The van der Waals surface area contributed by atoms with Gasteiger partial charge in [0.25, 0.3) is 0 Å². The molecule has 2 aliphatic heterocycles. The lowest BCUT2D eigenvalue weighted by Gasteiger charge is -2.46. The fourth-order valence-corrected chi connectivity index (χ4v) is 2.89. The van der Waals surface area contributed by atoms with E-state index in [-0.39, 0.29) is 5.25 Å². The van der Waals surface area contributed by atoms with Crippen LogP contribution in [0.2, 0.25) is 0 Å². The summed E-state index contributed by atoms with van der Waals surface area (Å²) in [5, 5.41) is 5.51. The van der Waals surface area contributed by atoms with Crippen LogP contribution in [0.5, 0.6) is 0 Å². The Kier molecular flexibility index (Phi) is 2.23. The van der Waals surface area contributed by atoms with Crippen molar-refractivity contribution in [1.29, 1.82) is 0 Å². The maximum Gasteiger partial charge on any atom is 0.0945 e. The first-order valence-corrected chi connectivity index (χ1v) is 6.17. The standard InChI is InChI=1S/C6H12N2OS2/c7-11(9)6-1-8(2-6)5-3-10-4-5/h5-6H,1-4,7H2. The van der Waals surface area contributed by atoms with Crippen LogP contribution in [0.15, 0.2) is 0 Å². The quantitative estimate of drug-likeness (QED) is 0.636. The normalized spacial score (nSPS) is 31.0. The molecule has 0 amide bonds. The monoisotopic (exact) mass is 192 g/mol. The third kappa shape index (κ3) is 1.47. The van der Waals surface area contributed by atoms with E-state index >= 15 is 0 Å². The second-order valence-corrected chi connectivity index (χ2v) is 5.49. The number of nitrogens with two attached hydrogens (primary N) is 1. The summed E-state index contributed by atoms with van der Waals surface area (Å²) in [6.45, 7) is 1.91. The van der Waals surface area contributed by atoms with Crippen LogP contribution in [-0.2, 0) is 11.0 Å². The molecule has 2 N–H and O–H groups in total. The number of rotatable bonds is 2. The third-order valence-electron chi connectivity index (χ3n) is 2.34. The van der Waals surface area contributed by atoms with Crippen molar-refractivity contribution in [2.75, 3.05) is 24.6 Å². The number of nitrogens with zero attached hydrogens (tertiary/aromatic N) is 1. The Morgan fingerprint density at radius 2 is 2.09 bits per heavy atom. The lowest BCUT2D eigenvalue weighted by molar-refractivity contribution is 0.143. The molecule has 0 aromatic heterocycles. The Bertz CT molecular complexity index is 177. The average Bonchev–Trinajstić information content (AvgIpc) is 1.70. The largest absolute Gasteiger partial charge is 0.296 e. The fourth-order valence-electron chi connectivity index (χ4n) is 1.35. The van der Waals surface area contributed by atoms with Crippen molar-refractivity contribution >= 4 is 22.7 Å². The lowest BCUT2D eigenvalue weighted by atomic mass is 10.1. The maximum atomic E-state index is 10.8. The molecular weight excluding hydrogens is 180 g/mol. The second-order valence-electron chi connectivity index (χ2n) is 3.10. The summed E-state index contributed by atoms with van der Waals surface area (Å²) in [5.41, 5.74) is 0. The molecule has 2 aliphatic rings. The van der Waals surface area contributed by atoms with Crippen LogP contribution in [0.1, 0.15) is 0 Å². The Labute approximate surface area is 73.3 Å². The van der Waals surface area contributed by atoms with Crippen LogP contribution in [-0.4, -0.2) is 45.0 Å². The van der Waals surface area contributed by atoms with Crippen LogP contribution < -0.4 is 5.14 Å². The zero-order valence-electron chi connectivity index (χ0n) is 6.23. The Balaban J connectivity index is 1.74. The average molecular weight is 192 g/mol. The van der Waals surface area contributed by atoms with E-state index in [2.05, 4.69) is 4.90 Å². The second kappa shape index (κ2) is 3.05. The van der Waals surface area contributed by atoms with Crippen LogP contribution in [0, 0.1) is 0 Å². The van der Waals surface area contributed by atoms with Crippen LogP contribution in [0.25, 0.3) is 0 Å². The van der Waals surface area contributed by atoms with Gasteiger partial charge in [0.2, 0.25) is 0 Å². The molecule has 2 heterocycles. The molecule has 0 aromatic carbocycles. The summed E-state index contributed by atoms with van der Waals surface area (Å²) in [6, 6.07) is 0.764. The summed E-state index contributed by atoms with van der Waals surface area (Å²) < 4.78 is 10.8. The minimum Gasteiger partial charge on any atom is -0.296 e. The van der Waals surface area contributed by atoms with Crippen LogP contribution >= 0.6 is 11.8 Å². The molecule has 0 bridgehead atoms. The predicted molar refractivity (Wildman–Crippen MR) is 48.8 cm³/mol. The highest BCUT2D eigenvalue weighted by molar-refractivity contribution is 8.00. The molecule has 2 fully saturated rings. The van der Waals surface area contributed by atoms with Crippen LogP contribution in [0.4, 0.5) is 0 Å². The van der Waals surface area contributed by atoms with E-state index in [0.29, 0.717) is 0 Å². The number of thioether (sulfide) groups is 1. The Morgan fingerprint density at radius 3 is 2.45 bits per heavy atom. The summed E-state index contributed by atoms with van der Waals surface area (Å²) in [7, 11) is -1.09. The van der Waals surface area contributed by atoms with Crippen molar-refractivity contribution in [2.45, 2.75) is 11.3 Å². The minimum absolute atomic E-state index is 0.251. The zero-order chi connectivity index (χ0) is 7.84. The van der Waals surface area contributed by atoms with Gasteiger partial charge in [0.1, 0.15) is 0 Å².